The number of amides is 2. The van der Waals surface area contributed by atoms with Crippen LogP contribution in [0.2, 0.25) is 0 Å². The van der Waals surface area contributed by atoms with Crippen LogP contribution in [0.3, 0.4) is 0 Å². The Labute approximate surface area is 129 Å². The van der Waals surface area contributed by atoms with Crippen molar-refractivity contribution in [3.63, 3.8) is 0 Å². The van der Waals surface area contributed by atoms with Crippen LogP contribution in [0, 0.1) is 0 Å². The minimum atomic E-state index is -0.603. The van der Waals surface area contributed by atoms with Gasteiger partial charge in [0.15, 0.2) is 0 Å². The van der Waals surface area contributed by atoms with Gasteiger partial charge in [0.1, 0.15) is 0 Å². The van der Waals surface area contributed by atoms with Gasteiger partial charge in [0.25, 0.3) is 0 Å². The molecule has 1 aliphatic rings. The number of carbonyl (C=O) groups excluding carboxylic acids is 2. The first-order valence-electron chi connectivity index (χ1n) is 7.26. The molecule has 2 heterocycles. The number of benzene rings is 1. The van der Waals surface area contributed by atoms with Crippen molar-refractivity contribution in [3.8, 4) is 0 Å². The van der Waals surface area contributed by atoms with E-state index in [9.17, 15) is 9.59 Å². The van der Waals surface area contributed by atoms with Crippen LogP contribution in [-0.2, 0) is 22.6 Å². The Hall–Kier alpha value is -2.69. The molecule has 5 nitrogen and oxygen atoms in total. The van der Waals surface area contributed by atoms with Crippen molar-refractivity contribution in [1.29, 1.82) is 0 Å². The van der Waals surface area contributed by atoms with E-state index >= 15 is 0 Å². The summed E-state index contributed by atoms with van der Waals surface area (Å²) in [6.45, 7) is 2.19. The zero-order valence-electron chi connectivity index (χ0n) is 12.3. The third-order valence-corrected chi connectivity index (χ3v) is 3.78. The van der Waals surface area contributed by atoms with Crippen LogP contribution in [0.4, 0.5) is 5.69 Å². The molecule has 1 atom stereocenters. The number of nitrogens with one attached hydrogen (secondary N) is 1. The van der Waals surface area contributed by atoms with Crippen molar-refractivity contribution < 1.29 is 9.59 Å². The van der Waals surface area contributed by atoms with E-state index in [0.717, 1.165) is 23.4 Å². The number of anilines is 1. The summed E-state index contributed by atoms with van der Waals surface area (Å²) in [4.78, 5) is 30.3. The summed E-state index contributed by atoms with van der Waals surface area (Å²) in [5.41, 5.74) is 2.65. The van der Waals surface area contributed by atoms with Crippen LogP contribution in [0.5, 0.6) is 0 Å². The van der Waals surface area contributed by atoms with Gasteiger partial charge in [-0.05, 0) is 37.1 Å². The van der Waals surface area contributed by atoms with E-state index < -0.39 is 11.8 Å². The van der Waals surface area contributed by atoms with Gasteiger partial charge in [-0.15, -0.1) is 0 Å². The number of hydrogen-bond acceptors (Lipinski definition) is 3. The SMILES string of the molecule is CC1Cc2ccccc2N1C(=O)C(=O)NCc1ccccn1. The molecule has 2 aromatic rings. The molecular weight excluding hydrogens is 278 g/mol. The molecule has 1 aliphatic heterocycles. The normalized spacial score (nSPS) is 16.2. The van der Waals surface area contributed by atoms with Crippen molar-refractivity contribution >= 4 is 17.5 Å². The average molecular weight is 295 g/mol. The van der Waals surface area contributed by atoms with Crippen LogP contribution in [0.1, 0.15) is 18.2 Å². The van der Waals surface area contributed by atoms with E-state index in [1.165, 1.54) is 0 Å². The number of para-hydroxylation sites is 1. The van der Waals surface area contributed by atoms with Gasteiger partial charge >= 0.3 is 11.8 Å². The van der Waals surface area contributed by atoms with E-state index in [-0.39, 0.29) is 12.6 Å². The second-order valence-corrected chi connectivity index (χ2v) is 5.36. The van der Waals surface area contributed by atoms with E-state index in [2.05, 4.69) is 10.3 Å². The Balaban J connectivity index is 1.70. The maximum atomic E-state index is 12.4. The predicted octanol–water partition coefficient (Wildman–Crippen LogP) is 1.68. The molecular formula is C17H17N3O2. The summed E-state index contributed by atoms with van der Waals surface area (Å²) in [5, 5.41) is 2.63. The lowest BCUT2D eigenvalue weighted by atomic mass is 10.1. The van der Waals surface area contributed by atoms with Crippen LogP contribution in [0.25, 0.3) is 0 Å². The second kappa shape index (κ2) is 5.97. The lowest BCUT2D eigenvalue weighted by Gasteiger charge is -2.21. The first-order valence-corrected chi connectivity index (χ1v) is 7.26. The quantitative estimate of drug-likeness (QED) is 0.857. The minimum Gasteiger partial charge on any atom is -0.342 e. The van der Waals surface area contributed by atoms with Gasteiger partial charge in [-0.25, -0.2) is 0 Å². The Kier molecular flexibility index (Phi) is 3.87. The van der Waals surface area contributed by atoms with Gasteiger partial charge < -0.3 is 10.2 Å². The highest BCUT2D eigenvalue weighted by Crippen LogP contribution is 2.31. The first kappa shape index (κ1) is 14.3. The number of fused-ring (bicyclic) bond motifs is 1. The Morgan fingerprint density at radius 3 is 2.77 bits per heavy atom. The summed E-state index contributed by atoms with van der Waals surface area (Å²) in [7, 11) is 0. The Morgan fingerprint density at radius 1 is 1.23 bits per heavy atom. The van der Waals surface area contributed by atoms with Crippen molar-refractivity contribution in [1.82, 2.24) is 10.3 Å². The van der Waals surface area contributed by atoms with Crippen molar-refractivity contribution in [2.24, 2.45) is 0 Å². The molecule has 22 heavy (non-hydrogen) atoms. The fourth-order valence-corrected chi connectivity index (χ4v) is 2.73. The number of aromatic nitrogens is 1. The van der Waals surface area contributed by atoms with E-state index in [0.29, 0.717) is 0 Å². The Bertz CT molecular complexity index is 700. The number of hydrogen-bond donors (Lipinski definition) is 1. The summed E-state index contributed by atoms with van der Waals surface area (Å²) < 4.78 is 0. The Morgan fingerprint density at radius 2 is 2.00 bits per heavy atom. The third kappa shape index (κ3) is 2.70. The number of pyridine rings is 1. The summed E-state index contributed by atoms with van der Waals surface area (Å²) in [6.07, 6.45) is 2.43. The van der Waals surface area contributed by atoms with Crippen molar-refractivity contribution in [2.75, 3.05) is 4.90 Å². The largest absolute Gasteiger partial charge is 0.342 e. The van der Waals surface area contributed by atoms with Crippen molar-refractivity contribution in [2.45, 2.75) is 25.9 Å². The molecule has 5 heteroatoms. The van der Waals surface area contributed by atoms with Gasteiger partial charge in [-0.3, -0.25) is 14.6 Å². The molecule has 1 aromatic heterocycles. The topological polar surface area (TPSA) is 62.3 Å². The fourth-order valence-electron chi connectivity index (χ4n) is 2.73. The minimum absolute atomic E-state index is 0.00880. The molecule has 0 saturated heterocycles. The highest BCUT2D eigenvalue weighted by molar-refractivity contribution is 6.40. The zero-order chi connectivity index (χ0) is 15.5. The van der Waals surface area contributed by atoms with Crippen molar-refractivity contribution in [3.05, 3.63) is 59.9 Å². The molecule has 3 rings (SSSR count). The molecule has 0 fully saturated rings. The number of carbonyl (C=O) groups is 2. The summed E-state index contributed by atoms with van der Waals surface area (Å²) in [6, 6.07) is 13.1. The molecule has 1 aromatic carbocycles. The highest BCUT2D eigenvalue weighted by atomic mass is 16.2. The van der Waals surface area contributed by atoms with Crippen LogP contribution < -0.4 is 10.2 Å². The van der Waals surface area contributed by atoms with Crippen LogP contribution >= 0.6 is 0 Å². The third-order valence-electron chi connectivity index (χ3n) is 3.78. The summed E-state index contributed by atoms with van der Waals surface area (Å²) >= 11 is 0. The maximum absolute atomic E-state index is 12.4. The van der Waals surface area contributed by atoms with Gasteiger partial charge in [0.2, 0.25) is 0 Å². The van der Waals surface area contributed by atoms with Crippen LogP contribution in [-0.4, -0.2) is 22.8 Å². The smallest absolute Gasteiger partial charge is 0.316 e. The molecule has 0 saturated carbocycles. The monoisotopic (exact) mass is 295 g/mol. The molecule has 1 N–H and O–H groups in total. The van der Waals surface area contributed by atoms with Gasteiger partial charge in [0.05, 0.1) is 12.2 Å². The lowest BCUT2D eigenvalue weighted by molar-refractivity contribution is -0.137. The average Bonchev–Trinajstić information content (AvgIpc) is 2.88. The fraction of sp³-hybridized carbons (Fsp3) is 0.235. The summed E-state index contributed by atoms with van der Waals surface area (Å²) in [5.74, 6) is -1.12. The van der Waals surface area contributed by atoms with Crippen LogP contribution in [0.15, 0.2) is 48.7 Å². The van der Waals surface area contributed by atoms with E-state index in [4.69, 9.17) is 0 Å². The maximum Gasteiger partial charge on any atom is 0.316 e. The van der Waals surface area contributed by atoms with Gasteiger partial charge in [-0.2, -0.15) is 0 Å². The molecule has 0 bridgehead atoms. The highest BCUT2D eigenvalue weighted by Gasteiger charge is 2.33. The molecule has 0 spiro atoms. The lowest BCUT2D eigenvalue weighted by Crippen LogP contribution is -2.45. The standard InChI is InChI=1S/C17H17N3O2/c1-12-10-13-6-2-3-8-15(13)20(12)17(22)16(21)19-11-14-7-4-5-9-18-14/h2-9,12H,10-11H2,1H3,(H,19,21). The van der Waals surface area contributed by atoms with E-state index in [1.54, 1.807) is 23.2 Å². The zero-order valence-corrected chi connectivity index (χ0v) is 12.3. The molecule has 0 aliphatic carbocycles. The number of nitrogens with zero attached hydrogens (tertiary/aromatic N) is 2. The van der Waals surface area contributed by atoms with E-state index in [1.807, 2.05) is 37.3 Å². The second-order valence-electron chi connectivity index (χ2n) is 5.36. The first-order chi connectivity index (χ1) is 10.7. The molecule has 0 radical (unpaired) electrons. The molecule has 112 valence electrons. The van der Waals surface area contributed by atoms with Gasteiger partial charge in [-0.1, -0.05) is 24.3 Å². The predicted molar refractivity (Wildman–Crippen MR) is 83.2 cm³/mol. The molecule has 1 unspecified atom stereocenters. The molecule has 2 amide bonds. The van der Waals surface area contributed by atoms with Gasteiger partial charge in [0, 0.05) is 17.9 Å². The number of rotatable bonds is 2.